The van der Waals surface area contributed by atoms with Crippen LogP contribution in [0.2, 0.25) is 0 Å². The van der Waals surface area contributed by atoms with E-state index in [1.54, 1.807) is 11.8 Å². The Labute approximate surface area is 214 Å². The van der Waals surface area contributed by atoms with Gasteiger partial charge in [0.25, 0.3) is 5.91 Å². The van der Waals surface area contributed by atoms with E-state index < -0.39 is 5.66 Å². The van der Waals surface area contributed by atoms with Gasteiger partial charge in [-0.3, -0.25) is 14.9 Å². The monoisotopic (exact) mass is 494 g/mol. The lowest BCUT2D eigenvalue weighted by Crippen LogP contribution is -2.59. The fraction of sp³-hybridized carbons (Fsp3) is 0.500. The molecule has 1 N–H and O–H groups in total. The summed E-state index contributed by atoms with van der Waals surface area (Å²) in [5.41, 5.74) is 4.93. The van der Waals surface area contributed by atoms with Crippen molar-refractivity contribution in [1.29, 1.82) is 0 Å². The molecule has 2 aromatic carbocycles. The Kier molecular flexibility index (Phi) is 7.77. The van der Waals surface area contributed by atoms with Crippen LogP contribution in [0, 0.1) is 13.8 Å². The SMILES string of the molecule is CSCCC1NC2(CCN(C(=O)c3cccc(N(C)C)c3)CC2)N(Cc2cc(C)cc(C)c2)C1=O. The van der Waals surface area contributed by atoms with Crippen LogP contribution in [-0.4, -0.2) is 72.5 Å². The van der Waals surface area contributed by atoms with Gasteiger partial charge in [-0.1, -0.05) is 35.4 Å². The van der Waals surface area contributed by atoms with Gasteiger partial charge in [0.05, 0.1) is 11.7 Å². The average Bonchev–Trinajstić information content (AvgIpc) is 3.07. The third-order valence-corrected chi connectivity index (χ3v) is 7.89. The second-order valence-corrected chi connectivity index (χ2v) is 11.2. The zero-order valence-electron chi connectivity index (χ0n) is 21.6. The van der Waals surface area contributed by atoms with Crippen molar-refractivity contribution in [2.24, 2.45) is 0 Å². The molecule has 188 valence electrons. The summed E-state index contributed by atoms with van der Waals surface area (Å²) in [6, 6.07) is 14.2. The van der Waals surface area contributed by atoms with Crippen molar-refractivity contribution in [1.82, 2.24) is 15.1 Å². The number of rotatable bonds is 7. The van der Waals surface area contributed by atoms with Gasteiger partial charge in [0, 0.05) is 57.8 Å². The summed E-state index contributed by atoms with van der Waals surface area (Å²) in [6.45, 7) is 6.07. The van der Waals surface area contributed by atoms with E-state index in [2.05, 4.69) is 48.5 Å². The predicted octanol–water partition coefficient (Wildman–Crippen LogP) is 4.06. The van der Waals surface area contributed by atoms with E-state index in [0.29, 0.717) is 25.2 Å². The van der Waals surface area contributed by atoms with E-state index in [1.165, 1.54) is 16.7 Å². The Morgan fingerprint density at radius 1 is 1.11 bits per heavy atom. The number of aryl methyl sites for hydroxylation is 2. The number of hydrogen-bond acceptors (Lipinski definition) is 5. The molecular formula is C28H38N4O2S. The van der Waals surface area contributed by atoms with Gasteiger partial charge >= 0.3 is 0 Å². The number of hydrogen-bond donors (Lipinski definition) is 1. The summed E-state index contributed by atoms with van der Waals surface area (Å²) in [4.78, 5) is 32.9. The highest BCUT2D eigenvalue weighted by Gasteiger charge is 2.51. The predicted molar refractivity (Wildman–Crippen MR) is 145 cm³/mol. The zero-order valence-corrected chi connectivity index (χ0v) is 22.5. The molecule has 1 unspecified atom stereocenters. The van der Waals surface area contributed by atoms with Gasteiger partial charge in [0.2, 0.25) is 5.91 Å². The topological polar surface area (TPSA) is 55.9 Å². The third kappa shape index (κ3) is 5.51. The molecule has 0 aromatic heterocycles. The summed E-state index contributed by atoms with van der Waals surface area (Å²) in [5, 5.41) is 3.73. The fourth-order valence-corrected chi connectivity index (χ4v) is 5.93. The Balaban J connectivity index is 1.53. The molecule has 4 rings (SSSR count). The molecule has 0 saturated carbocycles. The van der Waals surface area contributed by atoms with E-state index in [-0.39, 0.29) is 17.9 Å². The van der Waals surface area contributed by atoms with Crippen LogP contribution in [0.25, 0.3) is 0 Å². The molecule has 7 heteroatoms. The number of piperidine rings is 1. The second kappa shape index (κ2) is 10.6. The van der Waals surface area contributed by atoms with Crippen LogP contribution >= 0.6 is 11.8 Å². The normalized spacial score (nSPS) is 19.5. The standard InChI is InChI=1S/C28H38N4O2S/c1-20-15-21(2)17-22(16-20)19-32-27(34)25(9-14-35-5)29-28(32)10-12-31(13-11-28)26(33)23-7-6-8-24(18-23)30(3)4/h6-8,15-18,25,29H,9-14,19H2,1-5H3. The first-order valence-electron chi connectivity index (χ1n) is 12.4. The number of carbonyl (C=O) groups is 2. The maximum absolute atomic E-state index is 13.6. The van der Waals surface area contributed by atoms with Crippen LogP contribution in [0.4, 0.5) is 5.69 Å². The Hall–Kier alpha value is -2.51. The third-order valence-electron chi connectivity index (χ3n) is 7.24. The number of thioether (sulfide) groups is 1. The van der Waals surface area contributed by atoms with Crippen LogP contribution in [0.1, 0.15) is 46.3 Å². The summed E-state index contributed by atoms with van der Waals surface area (Å²) in [6.07, 6.45) is 4.37. The smallest absolute Gasteiger partial charge is 0.253 e. The van der Waals surface area contributed by atoms with Crippen molar-refractivity contribution in [3.05, 3.63) is 64.7 Å². The minimum absolute atomic E-state index is 0.0627. The lowest BCUT2D eigenvalue weighted by atomic mass is 9.94. The first-order chi connectivity index (χ1) is 16.7. The molecule has 2 aliphatic heterocycles. The van der Waals surface area contributed by atoms with Crippen LogP contribution in [0.3, 0.4) is 0 Å². The molecule has 2 saturated heterocycles. The summed E-state index contributed by atoms with van der Waals surface area (Å²) in [7, 11) is 3.96. The van der Waals surface area contributed by atoms with Gasteiger partial charge in [0.15, 0.2) is 0 Å². The number of anilines is 1. The molecule has 2 fully saturated rings. The maximum Gasteiger partial charge on any atom is 0.253 e. The molecule has 0 bridgehead atoms. The van der Waals surface area contributed by atoms with Gasteiger partial charge < -0.3 is 14.7 Å². The van der Waals surface area contributed by atoms with Crippen molar-refractivity contribution in [3.63, 3.8) is 0 Å². The summed E-state index contributed by atoms with van der Waals surface area (Å²) >= 11 is 1.77. The van der Waals surface area contributed by atoms with Gasteiger partial charge in [-0.15, -0.1) is 0 Å². The zero-order chi connectivity index (χ0) is 25.2. The number of carbonyl (C=O) groups excluding carboxylic acids is 2. The minimum Gasteiger partial charge on any atom is -0.378 e. The summed E-state index contributed by atoms with van der Waals surface area (Å²) < 4.78 is 0. The molecule has 1 spiro atoms. The first kappa shape index (κ1) is 25.6. The van der Waals surface area contributed by atoms with Gasteiger partial charge in [-0.25, -0.2) is 0 Å². The first-order valence-corrected chi connectivity index (χ1v) is 13.8. The van der Waals surface area contributed by atoms with Crippen molar-refractivity contribution in [2.45, 2.75) is 51.4 Å². The van der Waals surface area contributed by atoms with Gasteiger partial charge in [0.1, 0.15) is 0 Å². The molecule has 2 aromatic rings. The van der Waals surface area contributed by atoms with E-state index in [1.807, 2.05) is 48.2 Å². The highest BCUT2D eigenvalue weighted by atomic mass is 32.2. The quantitative estimate of drug-likeness (QED) is 0.629. The Morgan fingerprint density at radius 2 is 1.80 bits per heavy atom. The Morgan fingerprint density at radius 3 is 2.43 bits per heavy atom. The fourth-order valence-electron chi connectivity index (χ4n) is 5.46. The number of likely N-dealkylation sites (tertiary alicyclic amines) is 1. The van der Waals surface area contributed by atoms with Gasteiger partial charge in [-0.05, 0) is 56.0 Å². The molecule has 2 aliphatic rings. The molecule has 0 radical (unpaired) electrons. The van der Waals surface area contributed by atoms with Crippen molar-refractivity contribution in [2.75, 3.05) is 44.1 Å². The largest absolute Gasteiger partial charge is 0.378 e. The van der Waals surface area contributed by atoms with Crippen LogP contribution in [0.15, 0.2) is 42.5 Å². The van der Waals surface area contributed by atoms with E-state index >= 15 is 0 Å². The molecule has 0 aliphatic carbocycles. The van der Waals surface area contributed by atoms with Crippen molar-refractivity contribution >= 4 is 29.3 Å². The minimum atomic E-state index is -0.403. The van der Waals surface area contributed by atoms with Crippen molar-refractivity contribution < 1.29 is 9.59 Å². The highest BCUT2D eigenvalue weighted by Crippen LogP contribution is 2.35. The molecular weight excluding hydrogens is 456 g/mol. The maximum atomic E-state index is 13.6. The van der Waals surface area contributed by atoms with E-state index in [9.17, 15) is 9.59 Å². The lowest BCUT2D eigenvalue weighted by molar-refractivity contribution is -0.134. The van der Waals surface area contributed by atoms with E-state index in [4.69, 9.17) is 0 Å². The van der Waals surface area contributed by atoms with Crippen LogP contribution in [0.5, 0.6) is 0 Å². The van der Waals surface area contributed by atoms with Crippen molar-refractivity contribution in [3.8, 4) is 0 Å². The van der Waals surface area contributed by atoms with Gasteiger partial charge in [-0.2, -0.15) is 11.8 Å². The highest BCUT2D eigenvalue weighted by molar-refractivity contribution is 7.98. The molecule has 6 nitrogen and oxygen atoms in total. The molecule has 1 atom stereocenters. The summed E-state index contributed by atoms with van der Waals surface area (Å²) in [5.74, 6) is 1.20. The number of amides is 2. The Bertz CT molecular complexity index is 1060. The molecule has 35 heavy (non-hydrogen) atoms. The average molecular weight is 495 g/mol. The van der Waals surface area contributed by atoms with Crippen LogP contribution in [-0.2, 0) is 11.3 Å². The number of nitrogens with zero attached hydrogens (tertiary/aromatic N) is 3. The van der Waals surface area contributed by atoms with E-state index in [0.717, 1.165) is 30.7 Å². The number of nitrogens with one attached hydrogen (secondary N) is 1. The molecule has 2 amide bonds. The molecule has 2 heterocycles. The van der Waals surface area contributed by atoms with Crippen LogP contribution < -0.4 is 10.2 Å². The lowest BCUT2D eigenvalue weighted by Gasteiger charge is -2.45. The second-order valence-electron chi connectivity index (χ2n) is 10.2. The number of benzene rings is 2.